The number of esters is 1. The average molecular weight is 255 g/mol. The van der Waals surface area contributed by atoms with Crippen molar-refractivity contribution in [2.45, 2.75) is 45.6 Å². The lowest BCUT2D eigenvalue weighted by Crippen LogP contribution is -2.42. The van der Waals surface area contributed by atoms with E-state index in [-0.39, 0.29) is 29.5 Å². The summed E-state index contributed by atoms with van der Waals surface area (Å²) in [4.78, 5) is 34.3. The van der Waals surface area contributed by atoms with Crippen LogP contribution in [-0.2, 0) is 19.1 Å². The molecule has 0 saturated heterocycles. The Balaban J connectivity index is 2.41. The van der Waals surface area contributed by atoms with E-state index in [1.54, 1.807) is 6.92 Å². The molecule has 0 spiro atoms. The fourth-order valence-electron chi connectivity index (χ4n) is 2.19. The maximum Gasteiger partial charge on any atom is 0.308 e. The Morgan fingerprint density at radius 2 is 1.61 bits per heavy atom. The minimum atomic E-state index is -0.434. The van der Waals surface area contributed by atoms with Gasteiger partial charge in [-0.2, -0.15) is 0 Å². The zero-order valence-corrected chi connectivity index (χ0v) is 11.2. The van der Waals surface area contributed by atoms with Gasteiger partial charge in [-0.25, -0.2) is 0 Å². The molecule has 0 bridgehead atoms. The first-order chi connectivity index (χ1) is 8.45. The van der Waals surface area contributed by atoms with E-state index >= 15 is 0 Å². The number of hydrogen-bond acceptors (Lipinski definition) is 4. The van der Waals surface area contributed by atoms with Gasteiger partial charge in [0.25, 0.3) is 0 Å². The Kier molecular flexibility index (Phi) is 5.31. The zero-order valence-electron chi connectivity index (χ0n) is 11.2. The fourth-order valence-corrected chi connectivity index (χ4v) is 2.19. The van der Waals surface area contributed by atoms with Crippen LogP contribution in [0.3, 0.4) is 0 Å². The Labute approximate surface area is 107 Å². The molecule has 1 saturated carbocycles. The third kappa shape index (κ3) is 3.82. The molecule has 18 heavy (non-hydrogen) atoms. The zero-order chi connectivity index (χ0) is 13.7. The largest absolute Gasteiger partial charge is 0.469 e. The fraction of sp³-hybridized carbons (Fsp3) is 0.769. The van der Waals surface area contributed by atoms with Crippen molar-refractivity contribution in [2.24, 2.45) is 11.8 Å². The number of ether oxygens (including phenoxy) is 1. The van der Waals surface area contributed by atoms with Crippen molar-refractivity contribution in [2.75, 3.05) is 7.11 Å². The third-order valence-electron chi connectivity index (χ3n) is 3.60. The Morgan fingerprint density at radius 1 is 1.11 bits per heavy atom. The molecular weight excluding hydrogens is 234 g/mol. The summed E-state index contributed by atoms with van der Waals surface area (Å²) in [6.07, 6.45) is 2.71. The normalized spacial score (nSPS) is 25.1. The Morgan fingerprint density at radius 3 is 2.06 bits per heavy atom. The summed E-state index contributed by atoms with van der Waals surface area (Å²) >= 11 is 0. The van der Waals surface area contributed by atoms with Gasteiger partial charge in [-0.3, -0.25) is 14.4 Å². The van der Waals surface area contributed by atoms with Crippen LogP contribution in [0.15, 0.2) is 0 Å². The molecule has 1 unspecified atom stereocenters. The third-order valence-corrected chi connectivity index (χ3v) is 3.60. The molecule has 1 atom stereocenters. The summed E-state index contributed by atoms with van der Waals surface area (Å²) < 4.78 is 4.70. The van der Waals surface area contributed by atoms with E-state index in [1.807, 2.05) is 0 Å². The molecule has 0 aromatic rings. The number of rotatable bonds is 4. The van der Waals surface area contributed by atoms with E-state index in [4.69, 9.17) is 4.74 Å². The predicted octanol–water partition coefficient (Wildman–Crippen LogP) is 1.06. The van der Waals surface area contributed by atoms with Crippen molar-refractivity contribution in [1.82, 2.24) is 5.32 Å². The van der Waals surface area contributed by atoms with Crippen molar-refractivity contribution < 1.29 is 19.1 Å². The van der Waals surface area contributed by atoms with E-state index in [0.29, 0.717) is 25.7 Å². The van der Waals surface area contributed by atoms with E-state index < -0.39 is 6.04 Å². The second-order valence-electron chi connectivity index (χ2n) is 4.91. The molecule has 5 heteroatoms. The molecule has 1 fully saturated rings. The highest BCUT2D eigenvalue weighted by Gasteiger charge is 2.31. The number of carbonyl (C=O) groups excluding carboxylic acids is 3. The van der Waals surface area contributed by atoms with Gasteiger partial charge in [0.2, 0.25) is 5.91 Å². The summed E-state index contributed by atoms with van der Waals surface area (Å²) in [5.41, 5.74) is 0. The van der Waals surface area contributed by atoms with E-state index in [2.05, 4.69) is 5.32 Å². The number of ketones is 1. The second-order valence-corrected chi connectivity index (χ2v) is 4.91. The van der Waals surface area contributed by atoms with Crippen LogP contribution in [-0.4, -0.2) is 30.8 Å². The van der Waals surface area contributed by atoms with Crippen LogP contribution in [0.4, 0.5) is 0 Å². The van der Waals surface area contributed by atoms with Gasteiger partial charge in [0.05, 0.1) is 19.1 Å². The van der Waals surface area contributed by atoms with Crippen molar-refractivity contribution in [3.8, 4) is 0 Å². The number of amides is 1. The quantitative estimate of drug-likeness (QED) is 0.762. The molecule has 1 aliphatic rings. The lowest BCUT2D eigenvalue weighted by molar-refractivity contribution is -0.147. The Bertz CT molecular complexity index is 332. The summed E-state index contributed by atoms with van der Waals surface area (Å²) in [7, 11) is 1.38. The molecule has 102 valence electrons. The molecule has 1 amide bonds. The molecule has 5 nitrogen and oxygen atoms in total. The maximum absolute atomic E-state index is 11.9. The van der Waals surface area contributed by atoms with Crippen LogP contribution < -0.4 is 5.32 Å². The first-order valence-corrected chi connectivity index (χ1v) is 6.34. The van der Waals surface area contributed by atoms with Crippen LogP contribution in [0.25, 0.3) is 0 Å². The summed E-state index contributed by atoms with van der Waals surface area (Å²) in [6.45, 7) is 3.14. The monoisotopic (exact) mass is 255 g/mol. The molecule has 1 rings (SSSR count). The van der Waals surface area contributed by atoms with Gasteiger partial charge < -0.3 is 10.1 Å². The van der Waals surface area contributed by atoms with Gasteiger partial charge in [0.15, 0.2) is 5.78 Å². The highest BCUT2D eigenvalue weighted by Crippen LogP contribution is 2.29. The molecule has 1 aliphatic carbocycles. The van der Waals surface area contributed by atoms with Crippen LogP contribution in [0, 0.1) is 11.8 Å². The average Bonchev–Trinajstić information content (AvgIpc) is 2.37. The smallest absolute Gasteiger partial charge is 0.308 e. The number of methoxy groups -OCH3 is 1. The highest BCUT2D eigenvalue weighted by molar-refractivity contribution is 5.88. The molecule has 0 aliphatic heterocycles. The summed E-state index contributed by atoms with van der Waals surface area (Å²) in [5.74, 6) is -0.490. The molecule has 0 aromatic heterocycles. The van der Waals surface area contributed by atoms with Crippen LogP contribution in [0.2, 0.25) is 0 Å². The SMILES string of the molecule is COC(=O)C1CCC(C(=O)NC(C)C(C)=O)CC1. The van der Waals surface area contributed by atoms with Crippen molar-refractivity contribution in [3.05, 3.63) is 0 Å². The van der Waals surface area contributed by atoms with Gasteiger partial charge in [-0.1, -0.05) is 0 Å². The van der Waals surface area contributed by atoms with Gasteiger partial charge >= 0.3 is 5.97 Å². The van der Waals surface area contributed by atoms with Gasteiger partial charge in [0, 0.05) is 5.92 Å². The topological polar surface area (TPSA) is 72.5 Å². The standard InChI is InChI=1S/C13H21NO4/c1-8(9(2)15)14-12(16)10-4-6-11(7-5-10)13(17)18-3/h8,10-11H,4-7H2,1-3H3,(H,14,16). The van der Waals surface area contributed by atoms with Crippen molar-refractivity contribution >= 4 is 17.7 Å². The van der Waals surface area contributed by atoms with Crippen LogP contribution >= 0.6 is 0 Å². The van der Waals surface area contributed by atoms with Gasteiger partial charge in [-0.15, -0.1) is 0 Å². The number of Topliss-reactive ketones (excluding diaryl/α,β-unsaturated/α-hetero) is 1. The molecule has 1 N–H and O–H groups in total. The van der Waals surface area contributed by atoms with Gasteiger partial charge in [-0.05, 0) is 39.5 Å². The minimum Gasteiger partial charge on any atom is -0.469 e. The Hall–Kier alpha value is -1.39. The van der Waals surface area contributed by atoms with E-state index in [0.717, 1.165) is 0 Å². The number of nitrogens with one attached hydrogen (secondary N) is 1. The lowest BCUT2D eigenvalue weighted by Gasteiger charge is -2.26. The first kappa shape index (κ1) is 14.7. The number of carbonyl (C=O) groups is 3. The van der Waals surface area contributed by atoms with Crippen molar-refractivity contribution in [3.63, 3.8) is 0 Å². The maximum atomic E-state index is 11.9. The second kappa shape index (κ2) is 6.52. The molecule has 0 heterocycles. The summed E-state index contributed by atoms with van der Waals surface area (Å²) in [5, 5.41) is 2.70. The highest BCUT2D eigenvalue weighted by atomic mass is 16.5. The van der Waals surface area contributed by atoms with Crippen LogP contribution in [0.5, 0.6) is 0 Å². The minimum absolute atomic E-state index is 0.0494. The predicted molar refractivity (Wildman–Crippen MR) is 65.7 cm³/mol. The van der Waals surface area contributed by atoms with E-state index in [9.17, 15) is 14.4 Å². The number of hydrogen-bond donors (Lipinski definition) is 1. The first-order valence-electron chi connectivity index (χ1n) is 6.34. The molecule has 0 radical (unpaired) electrons. The van der Waals surface area contributed by atoms with E-state index in [1.165, 1.54) is 14.0 Å². The molecule has 0 aromatic carbocycles. The molecular formula is C13H21NO4. The lowest BCUT2D eigenvalue weighted by atomic mass is 9.81. The van der Waals surface area contributed by atoms with Crippen molar-refractivity contribution in [1.29, 1.82) is 0 Å². The van der Waals surface area contributed by atoms with Gasteiger partial charge in [0.1, 0.15) is 0 Å². The summed E-state index contributed by atoms with van der Waals surface area (Å²) in [6, 6.07) is -0.434. The van der Waals surface area contributed by atoms with Crippen LogP contribution in [0.1, 0.15) is 39.5 Å².